The summed E-state index contributed by atoms with van der Waals surface area (Å²) >= 11 is 0. The van der Waals surface area contributed by atoms with Crippen LogP contribution in [0.15, 0.2) is 24.3 Å². The van der Waals surface area contributed by atoms with Crippen LogP contribution in [0.1, 0.15) is 59.4 Å². The molecule has 0 radical (unpaired) electrons. The van der Waals surface area contributed by atoms with Gasteiger partial charge in [-0.15, -0.1) is 0 Å². The Balaban J connectivity index is 2.49. The van der Waals surface area contributed by atoms with E-state index in [9.17, 15) is 19.2 Å². The molecule has 0 saturated heterocycles. The minimum absolute atomic E-state index is 0.111. The molecule has 0 aliphatic rings. The highest BCUT2D eigenvalue weighted by molar-refractivity contribution is 5.96. The molecule has 0 aliphatic heterocycles. The van der Waals surface area contributed by atoms with Crippen LogP contribution >= 0.6 is 0 Å². The molecule has 0 aliphatic carbocycles. The molecule has 1 rings (SSSR count). The summed E-state index contributed by atoms with van der Waals surface area (Å²) in [5, 5.41) is 8.03. The zero-order valence-corrected chi connectivity index (χ0v) is 19.1. The summed E-state index contributed by atoms with van der Waals surface area (Å²) in [5.74, 6) is -0.925. The van der Waals surface area contributed by atoms with Gasteiger partial charge in [0.1, 0.15) is 12.6 Å². The highest BCUT2D eigenvalue weighted by Crippen LogP contribution is 2.11. The van der Waals surface area contributed by atoms with Gasteiger partial charge in [-0.2, -0.15) is 0 Å². The summed E-state index contributed by atoms with van der Waals surface area (Å²) in [5.41, 5.74) is 1.37. The van der Waals surface area contributed by atoms with Gasteiger partial charge in [-0.3, -0.25) is 19.2 Å². The van der Waals surface area contributed by atoms with Crippen LogP contribution in [0.25, 0.3) is 0 Å². The fraction of sp³-hybridized carbons (Fsp3) is 0.565. The van der Waals surface area contributed by atoms with Crippen LogP contribution in [0.4, 0.5) is 5.69 Å². The molecule has 3 amide bonds. The summed E-state index contributed by atoms with van der Waals surface area (Å²) < 4.78 is 5.06. The molecule has 31 heavy (non-hydrogen) atoms. The van der Waals surface area contributed by atoms with Gasteiger partial charge in [0.2, 0.25) is 17.7 Å². The second kappa shape index (κ2) is 13.4. The van der Waals surface area contributed by atoms with Gasteiger partial charge < -0.3 is 20.7 Å². The van der Waals surface area contributed by atoms with Crippen LogP contribution in [0.3, 0.4) is 0 Å². The minimum atomic E-state index is -0.697. The van der Waals surface area contributed by atoms with E-state index in [4.69, 9.17) is 4.74 Å². The number of hydrogen-bond donors (Lipinski definition) is 3. The number of carbonyl (C=O) groups excluding carboxylic acids is 4. The van der Waals surface area contributed by atoms with Crippen LogP contribution < -0.4 is 16.0 Å². The predicted molar refractivity (Wildman–Crippen MR) is 119 cm³/mol. The van der Waals surface area contributed by atoms with E-state index < -0.39 is 11.9 Å². The Hall–Kier alpha value is -2.90. The Morgan fingerprint density at radius 1 is 0.968 bits per heavy atom. The lowest BCUT2D eigenvalue weighted by Crippen LogP contribution is -2.51. The van der Waals surface area contributed by atoms with E-state index in [1.165, 1.54) is 0 Å². The molecule has 1 aromatic carbocycles. The number of rotatable bonds is 12. The summed E-state index contributed by atoms with van der Waals surface area (Å²) in [6.07, 6.45) is 1.43. The third-order valence-electron chi connectivity index (χ3n) is 4.56. The summed E-state index contributed by atoms with van der Waals surface area (Å²) in [6.45, 7) is 9.44. The zero-order valence-electron chi connectivity index (χ0n) is 19.1. The number of amides is 3. The molecule has 0 saturated carbocycles. The predicted octanol–water partition coefficient (Wildman–Crippen LogP) is 2.77. The number of esters is 1. The second-order valence-electron chi connectivity index (χ2n) is 8.20. The van der Waals surface area contributed by atoms with Crippen molar-refractivity contribution in [3.63, 3.8) is 0 Å². The molecule has 1 atom stereocenters. The van der Waals surface area contributed by atoms with Crippen LogP contribution in [0.2, 0.25) is 0 Å². The molecule has 3 N–H and O–H groups in total. The summed E-state index contributed by atoms with van der Waals surface area (Å²) in [7, 11) is 0. The molecule has 172 valence electrons. The minimum Gasteiger partial charge on any atom is -0.461 e. The van der Waals surface area contributed by atoms with E-state index in [-0.39, 0.29) is 36.9 Å². The lowest BCUT2D eigenvalue weighted by molar-refractivity contribution is -0.144. The highest BCUT2D eigenvalue weighted by atomic mass is 16.5. The first-order valence-corrected chi connectivity index (χ1v) is 10.7. The maximum atomic E-state index is 12.5. The Morgan fingerprint density at radius 2 is 1.61 bits per heavy atom. The molecule has 0 heterocycles. The van der Waals surface area contributed by atoms with Crippen molar-refractivity contribution in [2.24, 2.45) is 11.8 Å². The molecule has 0 bridgehead atoms. The van der Waals surface area contributed by atoms with Gasteiger partial charge in [0.05, 0.1) is 6.54 Å². The lowest BCUT2D eigenvalue weighted by Gasteiger charge is -2.22. The largest absolute Gasteiger partial charge is 0.461 e. The normalized spacial score (nSPS) is 11.7. The van der Waals surface area contributed by atoms with Crippen molar-refractivity contribution in [2.75, 3.05) is 11.9 Å². The van der Waals surface area contributed by atoms with Gasteiger partial charge in [0.25, 0.3) is 0 Å². The number of nitrogens with one attached hydrogen (secondary N) is 3. The van der Waals surface area contributed by atoms with Gasteiger partial charge in [0, 0.05) is 18.5 Å². The fourth-order valence-corrected chi connectivity index (χ4v) is 2.63. The van der Waals surface area contributed by atoms with E-state index in [1.807, 2.05) is 27.7 Å². The molecular formula is C23H35N3O5. The first-order valence-electron chi connectivity index (χ1n) is 10.7. The third-order valence-corrected chi connectivity index (χ3v) is 4.56. The van der Waals surface area contributed by atoms with Crippen molar-refractivity contribution in [3.05, 3.63) is 29.8 Å². The van der Waals surface area contributed by atoms with E-state index in [1.54, 1.807) is 31.2 Å². The van der Waals surface area contributed by atoms with Crippen LogP contribution in [0.5, 0.6) is 0 Å². The average molecular weight is 434 g/mol. The van der Waals surface area contributed by atoms with Crippen molar-refractivity contribution in [2.45, 2.75) is 66.5 Å². The quantitative estimate of drug-likeness (QED) is 0.439. The molecule has 1 aromatic rings. The Bertz CT molecular complexity index is 744. The Morgan fingerprint density at radius 3 is 2.16 bits per heavy atom. The Labute approximate surface area is 184 Å². The van der Waals surface area contributed by atoms with Crippen molar-refractivity contribution in [1.82, 2.24) is 10.6 Å². The molecule has 0 aromatic heterocycles. The summed E-state index contributed by atoms with van der Waals surface area (Å²) in [4.78, 5) is 47.9. The monoisotopic (exact) mass is 433 g/mol. The standard InChI is InChI=1S/C23H35N3O5/c1-6-21(29)31-14-17-8-10-18(11-9-17)25-20(28)13-24-23(30)22(16(4)5)26-19(27)12-7-15(2)3/h8-11,15-16,22H,6-7,12-14H2,1-5H3,(H,24,30)(H,25,28)(H,26,27). The van der Waals surface area contributed by atoms with Gasteiger partial charge in [-0.25, -0.2) is 0 Å². The number of carbonyl (C=O) groups is 4. The van der Waals surface area contributed by atoms with E-state index >= 15 is 0 Å². The van der Waals surface area contributed by atoms with Gasteiger partial charge >= 0.3 is 5.97 Å². The van der Waals surface area contributed by atoms with Crippen LogP contribution in [-0.2, 0) is 30.5 Å². The highest BCUT2D eigenvalue weighted by Gasteiger charge is 2.24. The maximum absolute atomic E-state index is 12.5. The fourth-order valence-electron chi connectivity index (χ4n) is 2.63. The topological polar surface area (TPSA) is 114 Å². The molecule has 8 nitrogen and oxygen atoms in total. The number of benzene rings is 1. The molecule has 8 heteroatoms. The van der Waals surface area contributed by atoms with Crippen molar-refractivity contribution in [1.29, 1.82) is 0 Å². The smallest absolute Gasteiger partial charge is 0.305 e. The van der Waals surface area contributed by atoms with Gasteiger partial charge in [-0.05, 0) is 36.0 Å². The first-order chi connectivity index (χ1) is 14.6. The maximum Gasteiger partial charge on any atom is 0.305 e. The summed E-state index contributed by atoms with van der Waals surface area (Å²) in [6, 6.07) is 6.19. The average Bonchev–Trinajstić information content (AvgIpc) is 2.73. The zero-order chi connectivity index (χ0) is 23.4. The van der Waals surface area contributed by atoms with Gasteiger partial charge in [0.15, 0.2) is 0 Å². The molecule has 1 unspecified atom stereocenters. The van der Waals surface area contributed by atoms with Crippen molar-refractivity contribution >= 4 is 29.4 Å². The molecule has 0 fully saturated rings. The van der Waals surface area contributed by atoms with E-state index in [0.29, 0.717) is 24.4 Å². The van der Waals surface area contributed by atoms with Crippen molar-refractivity contribution in [3.8, 4) is 0 Å². The number of hydrogen-bond acceptors (Lipinski definition) is 5. The molecular weight excluding hydrogens is 398 g/mol. The van der Waals surface area contributed by atoms with Crippen molar-refractivity contribution < 1.29 is 23.9 Å². The van der Waals surface area contributed by atoms with E-state index in [2.05, 4.69) is 16.0 Å². The number of ether oxygens (including phenoxy) is 1. The van der Waals surface area contributed by atoms with Crippen LogP contribution in [-0.4, -0.2) is 36.3 Å². The van der Waals surface area contributed by atoms with Crippen LogP contribution in [0, 0.1) is 11.8 Å². The lowest BCUT2D eigenvalue weighted by atomic mass is 10.0. The number of anilines is 1. The first kappa shape index (κ1) is 26.1. The van der Waals surface area contributed by atoms with E-state index in [0.717, 1.165) is 12.0 Å². The SMILES string of the molecule is CCC(=O)OCc1ccc(NC(=O)CNC(=O)C(NC(=O)CCC(C)C)C(C)C)cc1. The van der Waals surface area contributed by atoms with Gasteiger partial charge in [-0.1, -0.05) is 46.8 Å². The Kier molecular flexibility index (Phi) is 11.3. The molecule has 0 spiro atoms. The third kappa shape index (κ3) is 10.6. The second-order valence-corrected chi connectivity index (χ2v) is 8.20.